The monoisotopic (exact) mass is 1480 g/mol. The third-order valence-electron chi connectivity index (χ3n) is 27.0. The van der Waals surface area contributed by atoms with Crippen LogP contribution < -0.4 is 26.2 Å². The van der Waals surface area contributed by atoms with Crippen molar-refractivity contribution in [3.8, 4) is 78.1 Å². The van der Waals surface area contributed by atoms with E-state index in [1.807, 2.05) is 0 Å². The van der Waals surface area contributed by atoms with E-state index in [2.05, 4.69) is 423 Å². The number of hydrogen-bond donors (Lipinski definition) is 0. The molecule has 4 nitrogen and oxygen atoms in total. The molecule has 0 saturated heterocycles. The van der Waals surface area contributed by atoms with Crippen molar-refractivity contribution >= 4 is 101 Å². The van der Waals surface area contributed by atoms with Crippen LogP contribution in [0.3, 0.4) is 0 Å². The lowest BCUT2D eigenvalue weighted by Gasteiger charge is -2.44. The Labute approximate surface area is 677 Å². The molecule has 2 aromatic heterocycles. The van der Waals surface area contributed by atoms with Crippen LogP contribution in [0.1, 0.15) is 130 Å². The van der Waals surface area contributed by atoms with Crippen LogP contribution in [0.5, 0.6) is 0 Å². The first kappa shape index (κ1) is 70.4. The minimum atomic E-state index is -0.212. The molecule has 0 N–H and O–H groups in total. The summed E-state index contributed by atoms with van der Waals surface area (Å²) in [7, 11) is 0. The molecule has 115 heavy (non-hydrogen) atoms. The van der Waals surface area contributed by atoms with E-state index in [1.54, 1.807) is 0 Å². The van der Waals surface area contributed by atoms with Gasteiger partial charge in [-0.15, -0.1) is 0 Å². The predicted molar refractivity (Wildman–Crippen MR) is 491 cm³/mol. The normalized spacial score (nSPS) is 15.5. The molecule has 4 heterocycles. The standard InChI is InChI=1S/C110H95BN4/c1-106(2,3)82-43-31-73(32-44-82)81-42-56-101-96(66-81)111-95-52-49-85(114-99-54-40-77(71-25-17-13-18-26-71)62-89(99)90-63-78(41-55-100(90)114)72-27-19-14-20-28-72)67-102(95)113(84-47-35-75(36-48-84)80-38-51-92-94(65-80)110(10,11)60-58-108(92,6)7)104-69-86(115-97-30-22-21-29-87(97)88-61-76(39-53-98(88)115)70-23-15-12-16-24-70)68-103(105(104)111)112(101)83-45-33-74(34-46-83)79-37-50-91-93(64-79)109(8,9)59-57-107(91,4)5/h12-56,61-69H,57-60H2,1-11H3. The van der Waals surface area contributed by atoms with Crippen LogP contribution in [-0.2, 0) is 27.1 Å². The van der Waals surface area contributed by atoms with E-state index >= 15 is 0 Å². The molecule has 0 unspecified atom stereocenters. The maximum Gasteiger partial charge on any atom is 0.252 e. The number of nitrogens with zero attached hydrogens (tertiary/aromatic N) is 4. The zero-order chi connectivity index (χ0) is 78.2. The summed E-state index contributed by atoms with van der Waals surface area (Å²) in [5.74, 6) is 0. The van der Waals surface area contributed by atoms with Crippen LogP contribution in [0.4, 0.5) is 34.1 Å². The molecule has 0 spiro atoms. The highest BCUT2D eigenvalue weighted by Crippen LogP contribution is 2.53. The van der Waals surface area contributed by atoms with E-state index in [9.17, 15) is 0 Å². The van der Waals surface area contributed by atoms with E-state index < -0.39 is 0 Å². The first-order chi connectivity index (χ1) is 55.6. The molecule has 0 amide bonds. The van der Waals surface area contributed by atoms with Crippen molar-refractivity contribution in [1.82, 2.24) is 9.13 Å². The van der Waals surface area contributed by atoms with Crippen molar-refractivity contribution in [3.63, 3.8) is 0 Å². The zero-order valence-electron chi connectivity index (χ0n) is 67.9. The van der Waals surface area contributed by atoms with Crippen molar-refractivity contribution in [1.29, 1.82) is 0 Å². The number of aromatic nitrogens is 2. The first-order valence-corrected chi connectivity index (χ1v) is 41.6. The largest absolute Gasteiger partial charge is 0.311 e. The Morgan fingerprint density at radius 2 is 0.583 bits per heavy atom. The smallest absolute Gasteiger partial charge is 0.252 e. The number of rotatable bonds is 10. The van der Waals surface area contributed by atoms with E-state index in [1.165, 1.54) is 145 Å². The van der Waals surface area contributed by atoms with Crippen LogP contribution in [-0.4, -0.2) is 15.8 Å². The summed E-state index contributed by atoms with van der Waals surface area (Å²) < 4.78 is 5.10. The topological polar surface area (TPSA) is 16.3 Å². The third kappa shape index (κ3) is 11.5. The Balaban J connectivity index is 0.842. The molecule has 15 aromatic carbocycles. The number of anilines is 6. The van der Waals surface area contributed by atoms with Gasteiger partial charge in [0.15, 0.2) is 0 Å². The Bertz CT molecular complexity index is 6690. The Morgan fingerprint density at radius 1 is 0.243 bits per heavy atom. The number of para-hydroxylation sites is 1. The lowest BCUT2D eigenvalue weighted by Crippen LogP contribution is -2.61. The molecular formula is C110H95BN4. The van der Waals surface area contributed by atoms with Gasteiger partial charge in [0.2, 0.25) is 0 Å². The summed E-state index contributed by atoms with van der Waals surface area (Å²) in [4.78, 5) is 5.27. The Kier molecular flexibility index (Phi) is 16.0. The molecule has 21 rings (SSSR count). The highest BCUT2D eigenvalue weighted by Gasteiger charge is 2.46. The van der Waals surface area contributed by atoms with Crippen LogP contribution in [0, 0.1) is 0 Å². The van der Waals surface area contributed by atoms with Gasteiger partial charge in [-0.2, -0.15) is 0 Å². The van der Waals surface area contributed by atoms with E-state index in [0.29, 0.717) is 0 Å². The quantitative estimate of drug-likeness (QED) is 0.127. The average Bonchev–Trinajstić information content (AvgIpc) is 1.43. The van der Waals surface area contributed by atoms with Gasteiger partial charge >= 0.3 is 0 Å². The molecule has 0 saturated carbocycles. The van der Waals surface area contributed by atoms with Crippen LogP contribution in [0.15, 0.2) is 328 Å². The minimum Gasteiger partial charge on any atom is -0.311 e. The van der Waals surface area contributed by atoms with Gasteiger partial charge < -0.3 is 18.9 Å². The van der Waals surface area contributed by atoms with Gasteiger partial charge in [-0.25, -0.2) is 0 Å². The summed E-state index contributed by atoms with van der Waals surface area (Å²) in [6.07, 6.45) is 4.67. The second-order valence-electron chi connectivity index (χ2n) is 37.0. The summed E-state index contributed by atoms with van der Waals surface area (Å²) in [6.45, 7) is 26.2. The summed E-state index contributed by atoms with van der Waals surface area (Å²) in [5.41, 5.74) is 39.3. The van der Waals surface area contributed by atoms with Crippen LogP contribution in [0.2, 0.25) is 0 Å². The van der Waals surface area contributed by atoms with Gasteiger partial charge in [0.25, 0.3) is 6.71 Å². The molecular weight excluding hydrogens is 1390 g/mol. The maximum absolute atomic E-state index is 2.65. The van der Waals surface area contributed by atoms with Gasteiger partial charge in [-0.1, -0.05) is 307 Å². The summed E-state index contributed by atoms with van der Waals surface area (Å²) in [5, 5.41) is 4.85. The highest BCUT2D eigenvalue weighted by atomic mass is 15.2. The van der Waals surface area contributed by atoms with Crippen molar-refractivity contribution in [2.75, 3.05) is 9.80 Å². The molecule has 2 aliphatic heterocycles. The maximum atomic E-state index is 2.65. The number of benzene rings is 15. The SMILES string of the molecule is CC(C)(C)c1ccc(-c2ccc3c(c2)B2c4ccc(-n5c6ccc(-c7ccccc7)cc6c6cc(-c7ccccc7)ccc65)cc4N(c4ccc(-c5ccc6c(c5)C(C)(C)CCC6(C)C)cc4)c4cc(-n5c6ccccc6c6cc(-c7ccccc7)ccc65)cc(c42)N3c2ccc(-c3ccc4c(c3)C(C)(C)CCC4(C)C)cc2)cc1. The summed E-state index contributed by atoms with van der Waals surface area (Å²) in [6, 6.07) is 126. The number of hydrogen-bond acceptors (Lipinski definition) is 2. The van der Waals surface area contributed by atoms with E-state index in [0.717, 1.165) is 80.4 Å². The minimum absolute atomic E-state index is 0.00308. The van der Waals surface area contributed by atoms with Gasteiger partial charge in [-0.05, 0) is 261 Å². The molecule has 4 aliphatic rings. The fourth-order valence-electron chi connectivity index (χ4n) is 20.3. The van der Waals surface area contributed by atoms with Crippen molar-refractivity contribution in [3.05, 3.63) is 355 Å². The fraction of sp³-hybridized carbons (Fsp3) is 0.182. The Morgan fingerprint density at radius 3 is 1.05 bits per heavy atom. The van der Waals surface area contributed by atoms with E-state index in [-0.39, 0.29) is 33.8 Å². The van der Waals surface area contributed by atoms with Crippen LogP contribution >= 0.6 is 0 Å². The molecule has 0 fully saturated rings. The van der Waals surface area contributed by atoms with E-state index in [4.69, 9.17) is 0 Å². The third-order valence-corrected chi connectivity index (χ3v) is 27.0. The molecule has 17 aromatic rings. The zero-order valence-corrected chi connectivity index (χ0v) is 67.9. The lowest BCUT2D eigenvalue weighted by molar-refractivity contribution is 0.332. The lowest BCUT2D eigenvalue weighted by atomic mass is 9.33. The van der Waals surface area contributed by atoms with Crippen molar-refractivity contribution in [2.45, 2.75) is 129 Å². The molecule has 0 radical (unpaired) electrons. The molecule has 2 aliphatic carbocycles. The molecule has 0 atom stereocenters. The highest BCUT2D eigenvalue weighted by molar-refractivity contribution is 7.00. The molecule has 558 valence electrons. The second-order valence-corrected chi connectivity index (χ2v) is 37.0. The second kappa shape index (κ2) is 26.1. The number of fused-ring (bicyclic) bond motifs is 12. The molecule has 5 heteroatoms. The average molecular weight is 1480 g/mol. The van der Waals surface area contributed by atoms with Gasteiger partial charge in [0, 0.05) is 61.4 Å². The van der Waals surface area contributed by atoms with Gasteiger partial charge in [0.05, 0.1) is 27.8 Å². The first-order valence-electron chi connectivity index (χ1n) is 41.6. The van der Waals surface area contributed by atoms with Crippen LogP contribution in [0.25, 0.3) is 122 Å². The summed E-state index contributed by atoms with van der Waals surface area (Å²) >= 11 is 0. The Hall–Kier alpha value is -12.4. The molecule has 0 bridgehead atoms. The van der Waals surface area contributed by atoms with Gasteiger partial charge in [-0.3, -0.25) is 0 Å². The van der Waals surface area contributed by atoms with Crippen molar-refractivity contribution < 1.29 is 0 Å². The predicted octanol–water partition coefficient (Wildman–Crippen LogP) is 28.0. The van der Waals surface area contributed by atoms with Crippen molar-refractivity contribution in [2.24, 2.45) is 0 Å². The van der Waals surface area contributed by atoms with Gasteiger partial charge in [0.1, 0.15) is 0 Å². The fourth-order valence-corrected chi connectivity index (χ4v) is 20.3.